The number of hydrogen-bond acceptors (Lipinski definition) is 4. The van der Waals surface area contributed by atoms with Crippen LogP contribution in [0.2, 0.25) is 0 Å². The summed E-state index contributed by atoms with van der Waals surface area (Å²) in [5.74, 6) is -1.58. The van der Waals surface area contributed by atoms with Gasteiger partial charge in [-0.05, 0) is 42.8 Å². The molecule has 2 aromatic heterocycles. The highest BCUT2D eigenvalue weighted by molar-refractivity contribution is 7.91. The lowest BCUT2D eigenvalue weighted by molar-refractivity contribution is 0.439. The number of nitrogens with one attached hydrogen (secondary N) is 1. The van der Waals surface area contributed by atoms with Gasteiger partial charge >= 0.3 is 0 Å². The van der Waals surface area contributed by atoms with E-state index in [1.165, 1.54) is 12.3 Å². The lowest BCUT2D eigenvalue weighted by Crippen LogP contribution is -2.12. The Bertz CT molecular complexity index is 1520. The van der Waals surface area contributed by atoms with E-state index in [4.69, 9.17) is 4.74 Å². The Morgan fingerprint density at radius 1 is 1.06 bits per heavy atom. The quantitative estimate of drug-likeness (QED) is 0.423. The highest BCUT2D eigenvalue weighted by Gasteiger charge is 2.24. The van der Waals surface area contributed by atoms with Crippen LogP contribution in [0.3, 0.4) is 0 Å². The molecule has 1 atom stereocenters. The second-order valence-corrected chi connectivity index (χ2v) is 10.4. The number of sulfone groups is 1. The molecule has 0 unspecified atom stereocenters. The topological polar surface area (TPSA) is 81.2 Å². The van der Waals surface area contributed by atoms with Gasteiger partial charge in [0.25, 0.3) is 5.56 Å². The summed E-state index contributed by atoms with van der Waals surface area (Å²) in [6, 6.07) is 9.55. The predicted molar refractivity (Wildman–Crippen MR) is 123 cm³/mol. The Hall–Kier alpha value is -3.46. The van der Waals surface area contributed by atoms with Gasteiger partial charge in [-0.2, -0.15) is 0 Å². The third kappa shape index (κ3) is 4.16. The fraction of sp³-hybridized carbons (Fsp3) is 0.208. The number of benzene rings is 2. The first kappa shape index (κ1) is 22.7. The molecule has 1 N–H and O–H groups in total. The molecule has 4 aromatic rings. The van der Waals surface area contributed by atoms with E-state index in [0.29, 0.717) is 27.6 Å². The van der Waals surface area contributed by atoms with E-state index in [2.05, 4.69) is 4.98 Å². The van der Waals surface area contributed by atoms with Gasteiger partial charge in [-0.1, -0.05) is 13.0 Å². The molecular formula is C24H22F2N2O4S. The molecule has 6 nitrogen and oxygen atoms in total. The van der Waals surface area contributed by atoms with Crippen LogP contribution < -0.4 is 10.3 Å². The van der Waals surface area contributed by atoms with Crippen molar-refractivity contribution in [1.29, 1.82) is 0 Å². The summed E-state index contributed by atoms with van der Waals surface area (Å²) in [6.45, 7) is 3.18. The minimum Gasteiger partial charge on any atom is -0.454 e. The highest BCUT2D eigenvalue weighted by atomic mass is 32.2. The maximum atomic E-state index is 14.3. The Kier molecular flexibility index (Phi) is 5.84. The van der Waals surface area contributed by atoms with E-state index in [1.54, 1.807) is 55.9 Å². The summed E-state index contributed by atoms with van der Waals surface area (Å²) in [4.78, 5) is 15.0. The van der Waals surface area contributed by atoms with Crippen molar-refractivity contribution in [1.82, 2.24) is 9.55 Å². The first-order chi connectivity index (χ1) is 15.6. The molecule has 0 saturated heterocycles. The fourth-order valence-corrected chi connectivity index (χ4v) is 4.88. The zero-order valence-electron chi connectivity index (χ0n) is 18.2. The molecule has 9 heteroatoms. The van der Waals surface area contributed by atoms with Gasteiger partial charge in [0, 0.05) is 47.8 Å². The fourth-order valence-electron chi connectivity index (χ4n) is 3.81. The number of hydrogen-bond donors (Lipinski definition) is 1. The summed E-state index contributed by atoms with van der Waals surface area (Å²) in [7, 11) is -1.66. The summed E-state index contributed by atoms with van der Waals surface area (Å²) < 4.78 is 60.1. The Morgan fingerprint density at radius 3 is 2.48 bits per heavy atom. The van der Waals surface area contributed by atoms with Crippen molar-refractivity contribution in [3.63, 3.8) is 0 Å². The second-order valence-electron chi connectivity index (χ2n) is 7.75. The average Bonchev–Trinajstić information content (AvgIpc) is 3.13. The molecule has 0 fully saturated rings. The summed E-state index contributed by atoms with van der Waals surface area (Å²) in [5, 5.41) is -0.162. The summed E-state index contributed by atoms with van der Waals surface area (Å²) in [5.41, 5.74) is 1.75. The number of rotatable bonds is 6. The van der Waals surface area contributed by atoms with E-state index >= 15 is 0 Å². The number of aromatic nitrogens is 2. The van der Waals surface area contributed by atoms with Crippen molar-refractivity contribution < 1.29 is 21.9 Å². The number of nitrogens with zero attached hydrogens (tertiary/aromatic N) is 1. The Morgan fingerprint density at radius 2 is 1.79 bits per heavy atom. The molecule has 0 aliphatic rings. The van der Waals surface area contributed by atoms with E-state index in [0.717, 1.165) is 12.1 Å². The number of ether oxygens (including phenoxy) is 1. The molecule has 2 aromatic carbocycles. The molecule has 172 valence electrons. The Labute approximate surface area is 189 Å². The summed E-state index contributed by atoms with van der Waals surface area (Å²) >= 11 is 0. The van der Waals surface area contributed by atoms with Crippen molar-refractivity contribution in [2.75, 3.05) is 5.75 Å². The molecule has 0 aliphatic heterocycles. The largest absolute Gasteiger partial charge is 0.454 e. The van der Waals surface area contributed by atoms with Crippen LogP contribution in [-0.2, 0) is 16.9 Å². The van der Waals surface area contributed by atoms with Crippen LogP contribution in [0.1, 0.15) is 24.7 Å². The van der Waals surface area contributed by atoms with E-state index in [-0.39, 0.29) is 22.8 Å². The SMILES string of the molecule is CCS(=O)(=O)[C@@H](C)c1ccc(Oc2ccc(F)cc2F)c(-c2cn(C)c3c(=O)[nH]ccc23)c1. The average molecular weight is 473 g/mol. The Balaban J connectivity index is 1.95. The van der Waals surface area contributed by atoms with Crippen LogP contribution in [0, 0.1) is 11.6 Å². The number of aromatic amines is 1. The van der Waals surface area contributed by atoms with Crippen molar-refractivity contribution in [2.24, 2.45) is 7.05 Å². The van der Waals surface area contributed by atoms with Crippen molar-refractivity contribution in [3.8, 4) is 22.6 Å². The van der Waals surface area contributed by atoms with Gasteiger partial charge in [-0.25, -0.2) is 17.2 Å². The second kappa shape index (κ2) is 8.47. The zero-order valence-corrected chi connectivity index (χ0v) is 19.0. The number of pyridine rings is 1. The lowest BCUT2D eigenvalue weighted by atomic mass is 10.0. The van der Waals surface area contributed by atoms with Gasteiger partial charge in [-0.3, -0.25) is 4.79 Å². The van der Waals surface area contributed by atoms with Gasteiger partial charge < -0.3 is 14.3 Å². The highest BCUT2D eigenvalue weighted by Crippen LogP contribution is 2.40. The number of halogens is 2. The van der Waals surface area contributed by atoms with Crippen molar-refractivity contribution >= 4 is 20.7 Å². The molecule has 0 spiro atoms. The maximum absolute atomic E-state index is 14.3. The van der Waals surface area contributed by atoms with Crippen molar-refractivity contribution in [3.05, 3.63) is 82.4 Å². The number of aryl methyl sites for hydroxylation is 1. The smallest absolute Gasteiger partial charge is 0.272 e. The minimum atomic E-state index is -3.38. The van der Waals surface area contributed by atoms with Gasteiger partial charge in [0.2, 0.25) is 0 Å². The van der Waals surface area contributed by atoms with Gasteiger partial charge in [0.05, 0.1) is 5.25 Å². The predicted octanol–water partition coefficient (Wildman–Crippen LogP) is 5.10. The van der Waals surface area contributed by atoms with Crippen LogP contribution >= 0.6 is 0 Å². The first-order valence-corrected chi connectivity index (χ1v) is 12.0. The zero-order chi connectivity index (χ0) is 23.9. The molecule has 0 saturated carbocycles. The standard InChI is InChI=1S/C24H22F2N2O4S/c1-4-33(30,31)14(2)15-5-7-21(32-22-8-6-16(25)12-20(22)26)18(11-15)19-13-28(3)23-17(19)9-10-27-24(23)29/h5-14H,4H2,1-3H3,(H,27,29)/t14-/m0/s1. The van der Waals surface area contributed by atoms with Crippen LogP contribution in [0.5, 0.6) is 11.5 Å². The van der Waals surface area contributed by atoms with Gasteiger partial charge in [-0.15, -0.1) is 0 Å². The third-order valence-corrected chi connectivity index (χ3v) is 7.87. The lowest BCUT2D eigenvalue weighted by Gasteiger charge is -2.17. The monoisotopic (exact) mass is 472 g/mol. The molecule has 0 amide bonds. The number of fused-ring (bicyclic) bond motifs is 1. The van der Waals surface area contributed by atoms with Crippen molar-refractivity contribution in [2.45, 2.75) is 19.1 Å². The molecule has 0 radical (unpaired) electrons. The van der Waals surface area contributed by atoms with E-state index in [1.807, 2.05) is 0 Å². The molecule has 0 bridgehead atoms. The molecule has 0 aliphatic carbocycles. The normalized spacial score (nSPS) is 12.8. The molecular weight excluding hydrogens is 450 g/mol. The van der Waals surface area contributed by atoms with E-state index < -0.39 is 26.7 Å². The number of H-pyrrole nitrogens is 1. The third-order valence-electron chi connectivity index (χ3n) is 5.72. The minimum absolute atomic E-state index is 0.0216. The molecule has 33 heavy (non-hydrogen) atoms. The molecule has 2 heterocycles. The first-order valence-electron chi connectivity index (χ1n) is 10.3. The van der Waals surface area contributed by atoms with Gasteiger partial charge in [0.15, 0.2) is 21.4 Å². The van der Waals surface area contributed by atoms with Crippen LogP contribution in [0.15, 0.2) is 59.7 Å². The van der Waals surface area contributed by atoms with Crippen LogP contribution in [0.25, 0.3) is 22.0 Å². The summed E-state index contributed by atoms with van der Waals surface area (Å²) in [6.07, 6.45) is 3.24. The maximum Gasteiger partial charge on any atom is 0.272 e. The van der Waals surface area contributed by atoms with Crippen LogP contribution in [-0.4, -0.2) is 23.7 Å². The van der Waals surface area contributed by atoms with E-state index in [9.17, 15) is 22.0 Å². The van der Waals surface area contributed by atoms with Gasteiger partial charge in [0.1, 0.15) is 17.1 Å². The van der Waals surface area contributed by atoms with Crippen LogP contribution in [0.4, 0.5) is 8.78 Å². The molecule has 4 rings (SSSR count).